The van der Waals surface area contributed by atoms with Gasteiger partial charge >= 0.3 is 6.09 Å². The zero-order valence-electron chi connectivity index (χ0n) is 41.5. The number of amides is 3. The molecule has 4 saturated carbocycles. The first-order valence-electron chi connectivity index (χ1n) is 25.2. The van der Waals surface area contributed by atoms with Gasteiger partial charge < -0.3 is 24.7 Å². The zero-order valence-corrected chi connectivity index (χ0v) is 42.5. The number of benzene rings is 2. The Balaban J connectivity index is 0.957. The quantitative estimate of drug-likeness (QED) is 0.195. The number of carbonyl (C=O) groups is 3. The molecule has 10 heteroatoms. The second kappa shape index (κ2) is 19.2. The van der Waals surface area contributed by atoms with E-state index >= 15 is 0 Å². The zero-order chi connectivity index (χ0) is 46.2. The molecule has 5 aliphatic rings. The summed E-state index contributed by atoms with van der Waals surface area (Å²) in [4.78, 5) is 43.7. The van der Waals surface area contributed by atoms with E-state index in [4.69, 9.17) is 9.16 Å². The van der Waals surface area contributed by atoms with Crippen molar-refractivity contribution in [2.24, 2.45) is 46.3 Å². The molecule has 2 N–H and O–H groups in total. The molecule has 0 bridgehead atoms. The van der Waals surface area contributed by atoms with Gasteiger partial charge in [0.25, 0.3) is 8.32 Å². The summed E-state index contributed by atoms with van der Waals surface area (Å²) in [5.74, 6) is 3.92. The molecule has 5 unspecified atom stereocenters. The Kier molecular flexibility index (Phi) is 14.6. The second-order valence-corrected chi connectivity index (χ2v) is 28.1. The molecule has 3 amide bonds. The average molecular weight is 897 g/mol. The van der Waals surface area contributed by atoms with Gasteiger partial charge in [0.05, 0.1) is 0 Å². The van der Waals surface area contributed by atoms with Gasteiger partial charge in [-0.3, -0.25) is 14.5 Å². The molecule has 0 radical (unpaired) electrons. The Morgan fingerprint density at radius 2 is 1.45 bits per heavy atom. The van der Waals surface area contributed by atoms with E-state index in [0.717, 1.165) is 30.6 Å². The molecule has 64 heavy (non-hydrogen) atoms. The van der Waals surface area contributed by atoms with E-state index in [1.165, 1.54) is 66.6 Å². The van der Waals surface area contributed by atoms with Gasteiger partial charge in [0.2, 0.25) is 11.8 Å². The average Bonchev–Trinajstić information content (AvgIpc) is 3.82. The van der Waals surface area contributed by atoms with Gasteiger partial charge in [0.1, 0.15) is 11.6 Å². The number of nitrogens with zero attached hydrogens (tertiary/aromatic N) is 2. The topological polar surface area (TPSA) is 100 Å². The van der Waals surface area contributed by atoms with E-state index in [1.54, 1.807) is 0 Å². The number of likely N-dealkylation sites (tertiary alicyclic amines) is 1. The number of ether oxygens (including phenoxy) is 1. The van der Waals surface area contributed by atoms with E-state index in [1.807, 2.05) is 39.8 Å². The lowest BCUT2D eigenvalue weighted by atomic mass is 9.44. The first kappa shape index (κ1) is 48.7. The van der Waals surface area contributed by atoms with Crippen LogP contribution in [0.4, 0.5) is 4.79 Å². The number of hydrogen-bond donors (Lipinski definition) is 2. The number of fused-ring (bicyclic) bond motifs is 5. The molecule has 2 aromatic carbocycles. The molecular formula is C54H84N4O5Si. The largest absolute Gasteiger partial charge is 0.444 e. The van der Waals surface area contributed by atoms with Crippen molar-refractivity contribution in [2.45, 2.75) is 168 Å². The number of likely N-dealkylation sites (N-methyl/N-ethyl adjacent to an activating group) is 1. The summed E-state index contributed by atoms with van der Waals surface area (Å²) in [6.07, 6.45) is 12.9. The Bertz CT molecular complexity index is 1880. The molecule has 4 aliphatic carbocycles. The van der Waals surface area contributed by atoms with Crippen molar-refractivity contribution >= 4 is 36.6 Å². The molecule has 0 spiro atoms. The van der Waals surface area contributed by atoms with E-state index in [2.05, 4.69) is 113 Å². The van der Waals surface area contributed by atoms with Crippen LogP contribution in [0.2, 0.25) is 5.04 Å². The van der Waals surface area contributed by atoms with Crippen LogP contribution >= 0.6 is 0 Å². The molecule has 7 rings (SSSR count). The lowest BCUT2D eigenvalue weighted by Gasteiger charge is -2.62. The molecule has 1 heterocycles. The first-order chi connectivity index (χ1) is 30.2. The van der Waals surface area contributed by atoms with Crippen LogP contribution in [0.1, 0.15) is 139 Å². The second-order valence-electron chi connectivity index (χ2n) is 23.8. The Morgan fingerprint density at radius 1 is 0.828 bits per heavy atom. The monoisotopic (exact) mass is 897 g/mol. The maximum Gasteiger partial charge on any atom is 0.411 e. The standard InChI is InChI=1S/C54H84N4O5Si/c1-37(22-27-48(59)56-39-35-47(49(60)55-32-33-57(10)11)58(36-39)50(61)62-51(2,3)4)44-25-26-45-43-24-23-38-34-40(28-30-53(38,8)46(43)29-31-54(44,45)9)63-64(52(5,6)7,41-18-14-12-15-19-41)42-20-16-13-17-21-42/h12-21,37-40,43-47H,22-36H2,1-11H3,(H,55,60)(H,56,59)/t37-,38?,39?,40+,43?,44-,45?,46?,47+,53+,54-/m1/s1. The molecule has 354 valence electrons. The molecule has 0 aromatic heterocycles. The SMILES string of the molecule is C[C@H](CCC(=O)NC1C[C@@H](C(=O)NCCN(C)C)N(C(=O)OC(C)(C)C)C1)[C@H]1CCC2C3CCC4C[C@@H](O[Si](c5ccccc5)(c5ccccc5)C(C)(C)C)CC[C@]4(C)C3CC[C@@]21C. The molecule has 5 fully saturated rings. The molecule has 1 saturated heterocycles. The fourth-order valence-electron chi connectivity index (χ4n) is 14.3. The van der Waals surface area contributed by atoms with Crippen molar-refractivity contribution in [1.82, 2.24) is 20.4 Å². The molecular weight excluding hydrogens is 813 g/mol. The van der Waals surface area contributed by atoms with Crippen LogP contribution in [0.15, 0.2) is 60.7 Å². The maximum absolute atomic E-state index is 13.6. The highest BCUT2D eigenvalue weighted by atomic mass is 28.4. The predicted molar refractivity (Wildman–Crippen MR) is 261 cm³/mol. The Hall–Kier alpha value is -3.21. The van der Waals surface area contributed by atoms with Crippen LogP contribution < -0.4 is 21.0 Å². The normalized spacial score (nSPS) is 32.3. The minimum Gasteiger partial charge on any atom is -0.444 e. The predicted octanol–water partition coefficient (Wildman–Crippen LogP) is 9.18. The van der Waals surface area contributed by atoms with E-state index in [0.29, 0.717) is 54.5 Å². The van der Waals surface area contributed by atoms with Crippen molar-refractivity contribution in [2.75, 3.05) is 33.7 Å². The third-order valence-electron chi connectivity index (χ3n) is 17.4. The van der Waals surface area contributed by atoms with E-state index in [9.17, 15) is 14.4 Å². The summed E-state index contributed by atoms with van der Waals surface area (Å²) >= 11 is 0. The van der Waals surface area contributed by atoms with Crippen LogP contribution in [-0.4, -0.2) is 93.5 Å². The van der Waals surface area contributed by atoms with Crippen LogP contribution in [0.3, 0.4) is 0 Å². The van der Waals surface area contributed by atoms with Gasteiger partial charge in [-0.2, -0.15) is 0 Å². The molecule has 2 aromatic rings. The minimum atomic E-state index is -2.61. The highest BCUT2D eigenvalue weighted by molar-refractivity contribution is 6.99. The van der Waals surface area contributed by atoms with Gasteiger partial charge in [-0.1, -0.05) is 102 Å². The summed E-state index contributed by atoms with van der Waals surface area (Å²) in [5, 5.41) is 8.96. The molecule has 11 atom stereocenters. The van der Waals surface area contributed by atoms with Gasteiger partial charge in [0, 0.05) is 38.2 Å². The maximum atomic E-state index is 13.6. The van der Waals surface area contributed by atoms with E-state index in [-0.39, 0.29) is 35.5 Å². The van der Waals surface area contributed by atoms with Crippen molar-refractivity contribution in [1.29, 1.82) is 0 Å². The molecule has 9 nitrogen and oxygen atoms in total. The van der Waals surface area contributed by atoms with Crippen molar-refractivity contribution in [3.63, 3.8) is 0 Å². The Labute approximate surface area is 388 Å². The lowest BCUT2D eigenvalue weighted by Crippen LogP contribution is -2.68. The summed E-state index contributed by atoms with van der Waals surface area (Å²) in [5.41, 5.74) is -0.00557. The van der Waals surface area contributed by atoms with Crippen LogP contribution in [0, 0.1) is 46.3 Å². The number of rotatable bonds is 13. The first-order valence-corrected chi connectivity index (χ1v) is 27.1. The smallest absolute Gasteiger partial charge is 0.411 e. The van der Waals surface area contributed by atoms with Gasteiger partial charge in [-0.05, 0) is 167 Å². The summed E-state index contributed by atoms with van der Waals surface area (Å²) in [6, 6.07) is 21.4. The van der Waals surface area contributed by atoms with E-state index < -0.39 is 26.1 Å². The van der Waals surface area contributed by atoms with Crippen LogP contribution in [0.5, 0.6) is 0 Å². The number of carbonyl (C=O) groups excluding carboxylic acids is 3. The van der Waals surface area contributed by atoms with Crippen molar-refractivity contribution in [3.8, 4) is 0 Å². The minimum absolute atomic E-state index is 0.0128. The fraction of sp³-hybridized carbons (Fsp3) is 0.722. The van der Waals surface area contributed by atoms with Crippen molar-refractivity contribution in [3.05, 3.63) is 60.7 Å². The fourth-order valence-corrected chi connectivity index (χ4v) is 19.1. The van der Waals surface area contributed by atoms with Crippen molar-refractivity contribution < 1.29 is 23.5 Å². The van der Waals surface area contributed by atoms with Gasteiger partial charge in [-0.15, -0.1) is 0 Å². The van der Waals surface area contributed by atoms with Gasteiger partial charge in [0.15, 0.2) is 0 Å². The highest BCUT2D eigenvalue weighted by Gasteiger charge is 2.61. The highest BCUT2D eigenvalue weighted by Crippen LogP contribution is 2.68. The van der Waals surface area contributed by atoms with Crippen LogP contribution in [-0.2, 0) is 18.8 Å². The summed E-state index contributed by atoms with van der Waals surface area (Å²) in [6.45, 7) is 21.9. The van der Waals surface area contributed by atoms with Gasteiger partial charge in [-0.25, -0.2) is 4.79 Å². The third kappa shape index (κ3) is 9.90. The summed E-state index contributed by atoms with van der Waals surface area (Å²) in [7, 11) is 1.31. The lowest BCUT2D eigenvalue weighted by molar-refractivity contribution is -0.128. The third-order valence-corrected chi connectivity index (χ3v) is 22.5. The summed E-state index contributed by atoms with van der Waals surface area (Å²) < 4.78 is 13.5. The number of nitrogens with one attached hydrogen (secondary N) is 2. The van der Waals surface area contributed by atoms with Crippen LogP contribution in [0.25, 0.3) is 0 Å². The number of hydrogen-bond acceptors (Lipinski definition) is 6. The Morgan fingerprint density at radius 3 is 2.06 bits per heavy atom. The molecule has 1 aliphatic heterocycles.